The van der Waals surface area contributed by atoms with Gasteiger partial charge in [0.2, 0.25) is 6.08 Å². The molecule has 3 rings (SSSR count). The maximum atomic E-state index is 10.5. The van der Waals surface area contributed by atoms with E-state index in [1.165, 1.54) is 0 Å². The number of H-pyrrole nitrogens is 1. The van der Waals surface area contributed by atoms with Gasteiger partial charge in [-0.1, -0.05) is 29.8 Å². The summed E-state index contributed by atoms with van der Waals surface area (Å²) in [6.07, 6.45) is 4.21. The van der Waals surface area contributed by atoms with E-state index in [9.17, 15) is 4.79 Å². The molecule has 4 heteroatoms. The highest BCUT2D eigenvalue weighted by atomic mass is 35.5. The highest BCUT2D eigenvalue weighted by Crippen LogP contribution is 2.28. The van der Waals surface area contributed by atoms with E-state index in [2.05, 4.69) is 16.0 Å². The van der Waals surface area contributed by atoms with Gasteiger partial charge in [0.1, 0.15) is 0 Å². The molecule has 0 fully saturated rings. The van der Waals surface area contributed by atoms with Crippen molar-refractivity contribution in [3.8, 4) is 0 Å². The van der Waals surface area contributed by atoms with Crippen LogP contribution in [-0.4, -0.2) is 11.1 Å². The normalized spacial score (nSPS) is 10.4. The molecule has 1 heterocycles. The third-order valence-corrected chi connectivity index (χ3v) is 3.50. The van der Waals surface area contributed by atoms with Gasteiger partial charge in [-0.15, -0.1) is 0 Å². The number of para-hydroxylation sites is 1. The number of carbonyl (C=O) groups excluding carboxylic acids is 1. The number of aromatic nitrogens is 1. The maximum Gasteiger partial charge on any atom is 0.240 e. The summed E-state index contributed by atoms with van der Waals surface area (Å²) in [5.41, 5.74) is 3.75. The van der Waals surface area contributed by atoms with Crippen LogP contribution in [0, 0.1) is 0 Å². The largest absolute Gasteiger partial charge is 0.361 e. The van der Waals surface area contributed by atoms with Crippen LogP contribution >= 0.6 is 11.6 Å². The van der Waals surface area contributed by atoms with E-state index in [1.807, 2.05) is 30.5 Å². The van der Waals surface area contributed by atoms with Gasteiger partial charge in [-0.3, -0.25) is 0 Å². The molecular formula is C16H11ClN2O. The van der Waals surface area contributed by atoms with Crippen molar-refractivity contribution in [1.82, 2.24) is 4.98 Å². The number of fused-ring (bicyclic) bond motifs is 1. The number of hydrogen-bond donors (Lipinski definition) is 1. The molecular weight excluding hydrogens is 272 g/mol. The van der Waals surface area contributed by atoms with Crippen LogP contribution in [0.15, 0.2) is 53.7 Å². The first-order valence-corrected chi connectivity index (χ1v) is 6.57. The summed E-state index contributed by atoms with van der Waals surface area (Å²) in [7, 11) is 0. The number of hydrogen-bond acceptors (Lipinski definition) is 2. The van der Waals surface area contributed by atoms with Crippen molar-refractivity contribution in [1.29, 1.82) is 0 Å². The minimum atomic E-state index is 0.606. The van der Waals surface area contributed by atoms with Gasteiger partial charge in [-0.05, 0) is 35.4 Å². The quantitative estimate of drug-likeness (QED) is 0.562. The maximum absolute atomic E-state index is 10.5. The molecule has 1 aromatic heterocycles. The zero-order valence-corrected chi connectivity index (χ0v) is 11.3. The van der Waals surface area contributed by atoms with Crippen LogP contribution in [0.4, 0.5) is 5.69 Å². The zero-order chi connectivity index (χ0) is 13.9. The Morgan fingerprint density at radius 3 is 2.85 bits per heavy atom. The van der Waals surface area contributed by atoms with Crippen molar-refractivity contribution in [2.45, 2.75) is 6.42 Å². The lowest BCUT2D eigenvalue weighted by atomic mass is 10.0. The molecule has 0 saturated heterocycles. The summed E-state index contributed by atoms with van der Waals surface area (Å²) in [5, 5.41) is 1.79. The predicted molar refractivity (Wildman–Crippen MR) is 80.3 cm³/mol. The summed E-state index contributed by atoms with van der Waals surface area (Å²) >= 11 is 6.03. The first kappa shape index (κ1) is 12.7. The molecule has 0 radical (unpaired) electrons. The number of benzene rings is 2. The Hall–Kier alpha value is -2.35. The predicted octanol–water partition coefficient (Wildman–Crippen LogP) is 4.38. The lowest BCUT2D eigenvalue weighted by molar-refractivity contribution is 0.565. The van der Waals surface area contributed by atoms with Crippen molar-refractivity contribution in [2.75, 3.05) is 0 Å². The van der Waals surface area contributed by atoms with Crippen LogP contribution in [0.3, 0.4) is 0 Å². The van der Waals surface area contributed by atoms with Gasteiger partial charge in [0, 0.05) is 28.5 Å². The van der Waals surface area contributed by atoms with Gasteiger partial charge in [0.15, 0.2) is 0 Å². The number of rotatable bonds is 3. The molecule has 0 unspecified atom stereocenters. The number of halogens is 1. The zero-order valence-electron chi connectivity index (χ0n) is 10.6. The molecule has 0 aliphatic rings. The molecule has 3 nitrogen and oxygen atoms in total. The Balaban J connectivity index is 2.06. The average Bonchev–Trinajstić information content (AvgIpc) is 2.86. The molecule has 98 valence electrons. The average molecular weight is 283 g/mol. The Kier molecular flexibility index (Phi) is 3.38. The number of aromatic amines is 1. The molecule has 0 aliphatic heterocycles. The van der Waals surface area contributed by atoms with Crippen LogP contribution in [0.5, 0.6) is 0 Å². The molecule has 0 spiro atoms. The second kappa shape index (κ2) is 5.33. The van der Waals surface area contributed by atoms with Crippen molar-refractivity contribution in [2.24, 2.45) is 4.99 Å². The van der Waals surface area contributed by atoms with Gasteiger partial charge < -0.3 is 4.98 Å². The first-order chi connectivity index (χ1) is 9.78. The Morgan fingerprint density at radius 2 is 2.00 bits per heavy atom. The Bertz CT molecular complexity index is 816. The molecule has 0 saturated carbocycles. The van der Waals surface area contributed by atoms with Crippen molar-refractivity contribution < 1.29 is 4.79 Å². The van der Waals surface area contributed by atoms with Crippen molar-refractivity contribution in [3.05, 3.63) is 64.8 Å². The first-order valence-electron chi connectivity index (χ1n) is 6.19. The van der Waals surface area contributed by atoms with Crippen LogP contribution < -0.4 is 0 Å². The highest BCUT2D eigenvalue weighted by molar-refractivity contribution is 6.30. The fourth-order valence-corrected chi connectivity index (χ4v) is 2.53. The SMILES string of the molecule is O=C=Nc1ccc(Cl)cc1Cc1c[nH]c2ccccc12. The number of isocyanates is 1. The van der Waals surface area contributed by atoms with E-state index in [4.69, 9.17) is 11.6 Å². The van der Waals surface area contributed by atoms with Crippen LogP contribution in [0.1, 0.15) is 11.1 Å². The van der Waals surface area contributed by atoms with E-state index in [1.54, 1.807) is 18.2 Å². The second-order valence-corrected chi connectivity index (χ2v) is 4.95. The topological polar surface area (TPSA) is 45.2 Å². The summed E-state index contributed by atoms with van der Waals surface area (Å²) in [6.45, 7) is 0. The Morgan fingerprint density at radius 1 is 1.15 bits per heavy atom. The number of aliphatic imine (C=N–C) groups is 1. The van der Waals surface area contributed by atoms with E-state index in [0.717, 1.165) is 22.0 Å². The summed E-state index contributed by atoms with van der Waals surface area (Å²) in [5.74, 6) is 0. The minimum absolute atomic E-state index is 0.606. The fraction of sp³-hybridized carbons (Fsp3) is 0.0625. The molecule has 0 aliphatic carbocycles. The molecule has 0 amide bonds. The van der Waals surface area contributed by atoms with Crippen LogP contribution in [0.25, 0.3) is 10.9 Å². The van der Waals surface area contributed by atoms with Gasteiger partial charge in [-0.2, -0.15) is 4.99 Å². The molecule has 1 N–H and O–H groups in total. The second-order valence-electron chi connectivity index (χ2n) is 4.51. The van der Waals surface area contributed by atoms with Gasteiger partial charge in [-0.25, -0.2) is 4.79 Å². The monoisotopic (exact) mass is 282 g/mol. The molecule has 0 atom stereocenters. The molecule has 2 aromatic carbocycles. The molecule has 3 aromatic rings. The van der Waals surface area contributed by atoms with Crippen molar-refractivity contribution in [3.63, 3.8) is 0 Å². The summed E-state index contributed by atoms with van der Waals surface area (Å²) < 4.78 is 0. The number of nitrogens with one attached hydrogen (secondary N) is 1. The van der Waals surface area contributed by atoms with Gasteiger partial charge in [0.25, 0.3) is 0 Å². The van der Waals surface area contributed by atoms with E-state index in [0.29, 0.717) is 17.1 Å². The fourth-order valence-electron chi connectivity index (χ4n) is 2.34. The number of nitrogens with zero attached hydrogens (tertiary/aromatic N) is 1. The van der Waals surface area contributed by atoms with Gasteiger partial charge >= 0.3 is 0 Å². The summed E-state index contributed by atoms with van der Waals surface area (Å²) in [6, 6.07) is 13.4. The Labute approximate surface area is 120 Å². The van der Waals surface area contributed by atoms with Gasteiger partial charge in [0.05, 0.1) is 5.69 Å². The van der Waals surface area contributed by atoms with Crippen molar-refractivity contribution >= 4 is 34.3 Å². The molecule has 0 bridgehead atoms. The molecule has 20 heavy (non-hydrogen) atoms. The highest BCUT2D eigenvalue weighted by Gasteiger charge is 2.08. The summed E-state index contributed by atoms with van der Waals surface area (Å²) in [4.78, 5) is 17.5. The smallest absolute Gasteiger partial charge is 0.240 e. The minimum Gasteiger partial charge on any atom is -0.361 e. The third-order valence-electron chi connectivity index (χ3n) is 3.26. The van der Waals surface area contributed by atoms with Crippen LogP contribution in [-0.2, 0) is 11.2 Å². The van der Waals surface area contributed by atoms with E-state index < -0.39 is 0 Å². The van der Waals surface area contributed by atoms with E-state index >= 15 is 0 Å². The standard InChI is InChI=1S/C16H11ClN2O/c17-13-5-6-15(19-10-20)11(8-13)7-12-9-18-16-4-2-1-3-14(12)16/h1-6,8-9,18H,7H2. The van der Waals surface area contributed by atoms with Crippen LogP contribution in [0.2, 0.25) is 5.02 Å². The lowest BCUT2D eigenvalue weighted by Crippen LogP contribution is -1.88. The van der Waals surface area contributed by atoms with E-state index in [-0.39, 0.29) is 0 Å². The third kappa shape index (κ3) is 2.37. The lowest BCUT2D eigenvalue weighted by Gasteiger charge is -2.04.